The number of aliphatic hydroxyl groups is 1. The van der Waals surface area contributed by atoms with Gasteiger partial charge in [0, 0.05) is 50.3 Å². The van der Waals surface area contributed by atoms with Crippen molar-refractivity contribution in [3.8, 4) is 0 Å². The van der Waals surface area contributed by atoms with Crippen molar-refractivity contribution >= 4 is 30.7 Å². The number of hydrogen-bond donors (Lipinski definition) is 2. The summed E-state index contributed by atoms with van der Waals surface area (Å²) in [4.78, 5) is 18.3. The molecule has 0 unspecified atom stereocenters. The summed E-state index contributed by atoms with van der Waals surface area (Å²) in [5, 5.41) is 10.2. The van der Waals surface area contributed by atoms with E-state index >= 15 is 0 Å². The van der Waals surface area contributed by atoms with Crippen LogP contribution in [0.3, 0.4) is 0 Å². The van der Waals surface area contributed by atoms with Gasteiger partial charge in [0.05, 0.1) is 18.8 Å². The number of carbonyl (C=O) groups is 1. The van der Waals surface area contributed by atoms with Gasteiger partial charge in [-0.1, -0.05) is 0 Å². The molecule has 1 saturated carbocycles. The molecular weight excluding hydrogens is 377 g/mol. The first-order valence-corrected chi connectivity index (χ1v) is 8.82. The van der Waals surface area contributed by atoms with Crippen molar-refractivity contribution in [3.63, 3.8) is 0 Å². The van der Waals surface area contributed by atoms with E-state index in [2.05, 4.69) is 4.98 Å². The zero-order valence-electron chi connectivity index (χ0n) is 14.9. The lowest BCUT2D eigenvalue weighted by Gasteiger charge is -2.56. The summed E-state index contributed by atoms with van der Waals surface area (Å²) >= 11 is 0. The number of likely N-dealkylation sites (tertiary alicyclic amines) is 1. The summed E-state index contributed by atoms with van der Waals surface area (Å²) in [5.41, 5.74) is 6.47. The average molecular weight is 406 g/mol. The van der Waals surface area contributed by atoms with Gasteiger partial charge in [0.2, 0.25) is 5.91 Å². The number of aromatic nitrogens is 1. The fourth-order valence-electron chi connectivity index (χ4n) is 3.96. The Morgan fingerprint density at radius 2 is 1.96 bits per heavy atom. The second-order valence-electron chi connectivity index (χ2n) is 6.87. The standard InChI is InChI=1S/C18H27N3O3.2ClH/c19-7-12-24-16-13-15(22)18(16)5-10-21(11-6-18)17(23)2-1-14-3-8-20-9-4-14;;/h3-4,8-9,15-16,22H,1-2,5-7,10-13,19H2;2*1H/t15-,16+;;/m1../s1. The van der Waals surface area contributed by atoms with E-state index in [0.717, 1.165) is 24.8 Å². The molecule has 1 spiro atoms. The van der Waals surface area contributed by atoms with Crippen LogP contribution in [0.1, 0.15) is 31.2 Å². The van der Waals surface area contributed by atoms with Gasteiger partial charge in [-0.2, -0.15) is 0 Å². The molecule has 3 rings (SSSR count). The maximum Gasteiger partial charge on any atom is 0.222 e. The number of pyridine rings is 1. The number of rotatable bonds is 6. The largest absolute Gasteiger partial charge is 0.392 e. The molecule has 0 aromatic carbocycles. The highest BCUT2D eigenvalue weighted by atomic mass is 35.5. The van der Waals surface area contributed by atoms with E-state index in [9.17, 15) is 9.90 Å². The molecule has 2 atom stereocenters. The van der Waals surface area contributed by atoms with Crippen molar-refractivity contribution < 1.29 is 14.6 Å². The zero-order valence-corrected chi connectivity index (χ0v) is 16.5. The number of aryl methyl sites for hydroxylation is 1. The number of aliphatic hydroxyl groups excluding tert-OH is 1. The van der Waals surface area contributed by atoms with Gasteiger partial charge in [-0.25, -0.2) is 0 Å². The van der Waals surface area contributed by atoms with Crippen LogP contribution in [0.2, 0.25) is 0 Å². The van der Waals surface area contributed by atoms with Crippen molar-refractivity contribution in [2.24, 2.45) is 11.1 Å². The van der Waals surface area contributed by atoms with Gasteiger partial charge < -0.3 is 20.5 Å². The molecular formula is C18H29Cl2N3O3. The molecule has 2 fully saturated rings. The lowest BCUT2D eigenvalue weighted by Crippen LogP contribution is -2.62. The topological polar surface area (TPSA) is 88.7 Å². The molecule has 3 N–H and O–H groups in total. The Balaban J connectivity index is 0.00000169. The van der Waals surface area contributed by atoms with Crippen LogP contribution in [0, 0.1) is 5.41 Å². The fraction of sp³-hybridized carbons (Fsp3) is 0.667. The minimum Gasteiger partial charge on any atom is -0.392 e. The van der Waals surface area contributed by atoms with Crippen molar-refractivity contribution in [2.75, 3.05) is 26.2 Å². The van der Waals surface area contributed by atoms with Crippen LogP contribution < -0.4 is 5.73 Å². The molecule has 0 bridgehead atoms. The third-order valence-electron chi connectivity index (χ3n) is 5.60. The second-order valence-corrected chi connectivity index (χ2v) is 6.87. The number of piperidine rings is 1. The number of ether oxygens (including phenoxy) is 1. The Morgan fingerprint density at radius 3 is 2.54 bits per heavy atom. The van der Waals surface area contributed by atoms with Crippen molar-refractivity contribution in [2.45, 2.75) is 44.3 Å². The first-order valence-electron chi connectivity index (χ1n) is 8.82. The monoisotopic (exact) mass is 405 g/mol. The van der Waals surface area contributed by atoms with Gasteiger partial charge in [-0.15, -0.1) is 24.8 Å². The number of halogens is 2. The Labute approximate surface area is 167 Å². The van der Waals surface area contributed by atoms with Crippen LogP contribution in [0.4, 0.5) is 0 Å². The van der Waals surface area contributed by atoms with E-state index in [0.29, 0.717) is 39.1 Å². The van der Waals surface area contributed by atoms with E-state index < -0.39 is 0 Å². The molecule has 1 aromatic heterocycles. The predicted molar refractivity (Wildman–Crippen MR) is 105 cm³/mol. The molecule has 1 aliphatic carbocycles. The van der Waals surface area contributed by atoms with Gasteiger partial charge in [0.1, 0.15) is 0 Å². The molecule has 1 aromatic rings. The number of hydrogen-bond acceptors (Lipinski definition) is 5. The number of amides is 1. The third kappa shape index (κ3) is 4.87. The predicted octanol–water partition coefficient (Wildman–Crippen LogP) is 1.58. The van der Waals surface area contributed by atoms with Gasteiger partial charge in [-0.3, -0.25) is 9.78 Å². The summed E-state index contributed by atoms with van der Waals surface area (Å²) in [7, 11) is 0. The van der Waals surface area contributed by atoms with E-state index in [4.69, 9.17) is 10.5 Å². The van der Waals surface area contributed by atoms with Gasteiger partial charge >= 0.3 is 0 Å². The minimum atomic E-state index is -0.311. The molecule has 148 valence electrons. The van der Waals surface area contributed by atoms with E-state index in [1.54, 1.807) is 12.4 Å². The van der Waals surface area contributed by atoms with Gasteiger partial charge in [-0.05, 0) is 37.0 Å². The highest BCUT2D eigenvalue weighted by molar-refractivity contribution is 5.85. The van der Waals surface area contributed by atoms with E-state index in [1.165, 1.54) is 0 Å². The Kier molecular flexibility index (Phi) is 9.27. The molecule has 26 heavy (non-hydrogen) atoms. The smallest absolute Gasteiger partial charge is 0.222 e. The fourth-order valence-corrected chi connectivity index (χ4v) is 3.96. The summed E-state index contributed by atoms with van der Waals surface area (Å²) in [5.74, 6) is 0.190. The van der Waals surface area contributed by atoms with Crippen LogP contribution >= 0.6 is 24.8 Å². The van der Waals surface area contributed by atoms with Crippen LogP contribution in [0.5, 0.6) is 0 Å². The highest BCUT2D eigenvalue weighted by Crippen LogP contribution is 2.50. The van der Waals surface area contributed by atoms with Crippen LogP contribution in [0.15, 0.2) is 24.5 Å². The van der Waals surface area contributed by atoms with Crippen LogP contribution in [0.25, 0.3) is 0 Å². The molecule has 2 aliphatic rings. The van der Waals surface area contributed by atoms with E-state index in [1.807, 2.05) is 17.0 Å². The first-order chi connectivity index (χ1) is 11.7. The third-order valence-corrected chi connectivity index (χ3v) is 5.60. The Bertz CT molecular complexity index is 554. The molecule has 1 amide bonds. The van der Waals surface area contributed by atoms with Gasteiger partial charge in [0.15, 0.2) is 0 Å². The summed E-state index contributed by atoms with van der Waals surface area (Å²) in [6.07, 6.45) is 6.86. The maximum absolute atomic E-state index is 12.4. The molecule has 1 aliphatic heterocycles. The second kappa shape index (κ2) is 10.4. The molecule has 6 nitrogen and oxygen atoms in total. The Morgan fingerprint density at radius 1 is 1.31 bits per heavy atom. The SMILES string of the molecule is Cl.Cl.NCCO[C@H]1C[C@@H](O)C12CCN(C(=O)CCc1ccncc1)CC2. The first kappa shape index (κ1) is 23.1. The lowest BCUT2D eigenvalue weighted by molar-refractivity contribution is -0.210. The number of nitrogens with zero attached hydrogens (tertiary/aromatic N) is 2. The number of nitrogens with two attached hydrogens (primary N) is 1. The van der Waals surface area contributed by atoms with E-state index in [-0.39, 0.29) is 48.3 Å². The maximum atomic E-state index is 12.4. The van der Waals surface area contributed by atoms with Crippen LogP contribution in [-0.4, -0.2) is 59.3 Å². The average Bonchev–Trinajstić information content (AvgIpc) is 2.64. The molecule has 8 heteroatoms. The van der Waals surface area contributed by atoms with Crippen molar-refractivity contribution in [1.82, 2.24) is 9.88 Å². The van der Waals surface area contributed by atoms with Crippen molar-refractivity contribution in [1.29, 1.82) is 0 Å². The van der Waals surface area contributed by atoms with Crippen LogP contribution in [-0.2, 0) is 16.0 Å². The zero-order chi connectivity index (χ0) is 17.0. The quantitative estimate of drug-likeness (QED) is 0.749. The highest BCUT2D eigenvalue weighted by Gasteiger charge is 2.56. The number of carbonyl (C=O) groups excluding carboxylic acids is 1. The molecule has 2 heterocycles. The molecule has 0 radical (unpaired) electrons. The lowest BCUT2D eigenvalue weighted by atomic mass is 9.58. The summed E-state index contributed by atoms with van der Waals surface area (Å²) in [6.45, 7) is 2.44. The van der Waals surface area contributed by atoms with Gasteiger partial charge in [0.25, 0.3) is 0 Å². The Hall–Kier alpha value is -0.920. The summed E-state index contributed by atoms with van der Waals surface area (Å²) in [6, 6.07) is 3.89. The molecule has 1 saturated heterocycles. The van der Waals surface area contributed by atoms with Crippen molar-refractivity contribution in [3.05, 3.63) is 30.1 Å². The summed E-state index contributed by atoms with van der Waals surface area (Å²) < 4.78 is 5.80. The normalized spacial score (nSPS) is 23.5. The minimum absolute atomic E-state index is 0.